The molecule has 1 aliphatic carbocycles. The van der Waals surface area contributed by atoms with E-state index in [9.17, 15) is 4.79 Å². The molecule has 0 aliphatic heterocycles. The van der Waals surface area contributed by atoms with Crippen LogP contribution in [0.15, 0.2) is 42.6 Å². The Morgan fingerprint density at radius 2 is 2.17 bits per heavy atom. The molecule has 8 heteroatoms. The van der Waals surface area contributed by atoms with Gasteiger partial charge in [-0.05, 0) is 50.1 Å². The normalized spacial score (nSPS) is 13.7. The van der Waals surface area contributed by atoms with E-state index >= 15 is 0 Å². The summed E-state index contributed by atoms with van der Waals surface area (Å²) < 4.78 is 2.44. The average Bonchev–Trinajstić information content (AvgIpc) is 3.43. The number of amides is 1. The number of carbonyl (C=O) groups is 1. The van der Waals surface area contributed by atoms with E-state index in [1.54, 1.807) is 10.9 Å². The Labute approximate surface area is 176 Å². The lowest BCUT2D eigenvalue weighted by molar-refractivity contribution is 0.0952. The number of aryl methyl sites for hydroxylation is 1. The van der Waals surface area contributed by atoms with Crippen LogP contribution in [0.3, 0.4) is 0 Å². The molecule has 6 nitrogen and oxygen atoms in total. The fraction of sp³-hybridized carbons (Fsp3) is 0.238. The number of aromatic nitrogens is 4. The van der Waals surface area contributed by atoms with E-state index in [1.807, 2.05) is 43.3 Å². The predicted octanol–water partition coefficient (Wildman–Crippen LogP) is 4.65. The number of nitrogens with zero attached hydrogens (tertiary/aromatic N) is 4. The van der Waals surface area contributed by atoms with Crippen molar-refractivity contribution >= 4 is 39.9 Å². The number of rotatable bonds is 5. The maximum absolute atomic E-state index is 13.1. The van der Waals surface area contributed by atoms with Gasteiger partial charge in [0.1, 0.15) is 0 Å². The summed E-state index contributed by atoms with van der Waals surface area (Å²) in [5.74, 6) is 0.965. The van der Waals surface area contributed by atoms with Gasteiger partial charge in [-0.1, -0.05) is 17.7 Å². The highest BCUT2D eigenvalue weighted by molar-refractivity contribution is 7.16. The minimum absolute atomic E-state index is 0.132. The molecule has 1 amide bonds. The fourth-order valence-corrected chi connectivity index (χ4v) is 4.45. The van der Waals surface area contributed by atoms with Crippen LogP contribution >= 0.6 is 22.9 Å². The summed E-state index contributed by atoms with van der Waals surface area (Å²) in [7, 11) is 0. The lowest BCUT2D eigenvalue weighted by atomic mass is 10.1. The van der Waals surface area contributed by atoms with Crippen molar-refractivity contribution in [2.24, 2.45) is 0 Å². The molecule has 0 unspecified atom stereocenters. The Hall–Kier alpha value is -2.77. The molecule has 5 rings (SSSR count). The van der Waals surface area contributed by atoms with Crippen molar-refractivity contribution in [2.45, 2.75) is 32.2 Å². The number of hydrogen-bond acceptors (Lipinski definition) is 5. The predicted molar refractivity (Wildman–Crippen MR) is 114 cm³/mol. The first-order valence-electron chi connectivity index (χ1n) is 9.44. The van der Waals surface area contributed by atoms with Crippen molar-refractivity contribution in [1.82, 2.24) is 25.1 Å². The molecular weight excluding hydrogens is 406 g/mol. The number of pyridine rings is 2. The van der Waals surface area contributed by atoms with Gasteiger partial charge in [0.05, 0.1) is 27.5 Å². The molecule has 0 saturated heterocycles. The van der Waals surface area contributed by atoms with E-state index in [0.29, 0.717) is 33.8 Å². The Kier molecular flexibility index (Phi) is 4.56. The zero-order valence-corrected chi connectivity index (χ0v) is 17.3. The standard InChI is InChI=1S/C21H18ClN5OS/c1-12-19-15(21(28)24-11-14-7-8-17(22)29-14)10-16(13-5-6-13)25-20(19)27(26-12)18-4-2-3-9-23-18/h2-4,7-10,13H,5-6,11H2,1H3,(H,24,28). The molecule has 1 N–H and O–H groups in total. The molecule has 146 valence electrons. The number of carbonyl (C=O) groups excluding carboxylic acids is 1. The molecule has 0 atom stereocenters. The van der Waals surface area contributed by atoms with Crippen molar-refractivity contribution in [2.75, 3.05) is 0 Å². The smallest absolute Gasteiger partial charge is 0.252 e. The van der Waals surface area contributed by atoms with E-state index < -0.39 is 0 Å². The molecule has 4 heterocycles. The maximum Gasteiger partial charge on any atom is 0.252 e. The largest absolute Gasteiger partial charge is 0.347 e. The highest BCUT2D eigenvalue weighted by atomic mass is 35.5. The molecule has 29 heavy (non-hydrogen) atoms. The third-order valence-electron chi connectivity index (χ3n) is 4.99. The van der Waals surface area contributed by atoms with Gasteiger partial charge in [-0.15, -0.1) is 11.3 Å². The number of halogens is 1. The first-order valence-corrected chi connectivity index (χ1v) is 10.6. The first-order chi connectivity index (χ1) is 14.1. The molecule has 0 aromatic carbocycles. The SMILES string of the molecule is Cc1nn(-c2ccccn2)c2nc(C3CC3)cc(C(=O)NCc3ccc(Cl)s3)c12. The second-order valence-corrected chi connectivity index (χ2v) is 8.94. The third kappa shape index (κ3) is 3.52. The summed E-state index contributed by atoms with van der Waals surface area (Å²) >= 11 is 7.46. The quantitative estimate of drug-likeness (QED) is 0.507. The molecule has 1 saturated carbocycles. The van der Waals surface area contributed by atoms with Gasteiger partial charge in [0.15, 0.2) is 11.5 Å². The first kappa shape index (κ1) is 18.3. The zero-order valence-electron chi connectivity index (χ0n) is 15.7. The lowest BCUT2D eigenvalue weighted by Gasteiger charge is -2.09. The van der Waals surface area contributed by atoms with E-state index in [-0.39, 0.29) is 5.91 Å². The second kappa shape index (κ2) is 7.24. The molecule has 4 aromatic heterocycles. The minimum atomic E-state index is -0.132. The fourth-order valence-electron chi connectivity index (χ4n) is 3.42. The highest BCUT2D eigenvalue weighted by Gasteiger charge is 2.29. The van der Waals surface area contributed by atoms with Crippen LogP contribution in [-0.2, 0) is 6.54 Å². The van der Waals surface area contributed by atoms with Gasteiger partial charge in [-0.2, -0.15) is 9.78 Å². The summed E-state index contributed by atoms with van der Waals surface area (Å²) in [6.45, 7) is 2.34. The summed E-state index contributed by atoms with van der Waals surface area (Å²) in [5.41, 5.74) is 2.98. The monoisotopic (exact) mass is 423 g/mol. The van der Waals surface area contributed by atoms with Crippen molar-refractivity contribution in [3.05, 3.63) is 68.8 Å². The van der Waals surface area contributed by atoms with Crippen LogP contribution in [0.1, 0.15) is 45.4 Å². The summed E-state index contributed by atoms with van der Waals surface area (Å²) in [4.78, 5) is 23.4. The van der Waals surface area contributed by atoms with Crippen molar-refractivity contribution in [3.8, 4) is 5.82 Å². The van der Waals surface area contributed by atoms with Gasteiger partial charge in [0, 0.05) is 22.7 Å². The molecule has 1 aliphatic rings. The lowest BCUT2D eigenvalue weighted by Crippen LogP contribution is -2.23. The summed E-state index contributed by atoms with van der Waals surface area (Å²) in [6.07, 6.45) is 3.93. The molecule has 0 radical (unpaired) electrons. The Morgan fingerprint density at radius 1 is 1.31 bits per heavy atom. The van der Waals surface area contributed by atoms with Crippen LogP contribution in [0.25, 0.3) is 16.9 Å². The molecule has 0 bridgehead atoms. The Bertz CT molecular complexity index is 1210. The summed E-state index contributed by atoms with van der Waals surface area (Å²) in [5, 5.41) is 8.42. The number of hydrogen-bond donors (Lipinski definition) is 1. The third-order valence-corrected chi connectivity index (χ3v) is 6.22. The minimum Gasteiger partial charge on any atom is -0.347 e. The Morgan fingerprint density at radius 3 is 2.86 bits per heavy atom. The van der Waals surface area contributed by atoms with E-state index in [1.165, 1.54) is 11.3 Å². The van der Waals surface area contributed by atoms with Gasteiger partial charge < -0.3 is 5.32 Å². The topological polar surface area (TPSA) is 72.7 Å². The van der Waals surface area contributed by atoms with Crippen LogP contribution in [0.2, 0.25) is 4.34 Å². The van der Waals surface area contributed by atoms with Crippen molar-refractivity contribution < 1.29 is 4.79 Å². The highest BCUT2D eigenvalue weighted by Crippen LogP contribution is 2.40. The molecular formula is C21H18ClN5OS. The number of nitrogens with one attached hydrogen (secondary N) is 1. The second-order valence-electron chi connectivity index (χ2n) is 7.14. The van der Waals surface area contributed by atoms with Gasteiger partial charge in [-0.25, -0.2) is 9.97 Å². The van der Waals surface area contributed by atoms with Crippen LogP contribution < -0.4 is 5.32 Å². The van der Waals surface area contributed by atoms with Crippen LogP contribution in [-0.4, -0.2) is 25.7 Å². The molecule has 0 spiro atoms. The van der Waals surface area contributed by atoms with Gasteiger partial charge in [0.25, 0.3) is 5.91 Å². The number of thiophene rings is 1. The molecule has 1 fully saturated rings. The maximum atomic E-state index is 13.1. The Balaban J connectivity index is 1.58. The average molecular weight is 424 g/mol. The zero-order chi connectivity index (χ0) is 20.0. The van der Waals surface area contributed by atoms with E-state index in [2.05, 4.69) is 15.4 Å². The van der Waals surface area contributed by atoms with Crippen LogP contribution in [0.4, 0.5) is 0 Å². The summed E-state index contributed by atoms with van der Waals surface area (Å²) in [6, 6.07) is 11.3. The van der Waals surface area contributed by atoms with Gasteiger partial charge >= 0.3 is 0 Å². The van der Waals surface area contributed by atoms with E-state index in [4.69, 9.17) is 16.6 Å². The van der Waals surface area contributed by atoms with Crippen LogP contribution in [0, 0.1) is 6.92 Å². The van der Waals surface area contributed by atoms with E-state index in [0.717, 1.165) is 34.5 Å². The van der Waals surface area contributed by atoms with Crippen molar-refractivity contribution in [1.29, 1.82) is 0 Å². The van der Waals surface area contributed by atoms with Gasteiger partial charge in [0.2, 0.25) is 0 Å². The van der Waals surface area contributed by atoms with Crippen LogP contribution in [0.5, 0.6) is 0 Å². The van der Waals surface area contributed by atoms with Crippen molar-refractivity contribution in [3.63, 3.8) is 0 Å². The molecule has 4 aromatic rings. The number of fused-ring (bicyclic) bond motifs is 1. The van der Waals surface area contributed by atoms with Gasteiger partial charge in [-0.3, -0.25) is 4.79 Å².